The zero-order chi connectivity index (χ0) is 14.4. The van der Waals surface area contributed by atoms with Crippen LogP contribution < -0.4 is 5.32 Å². The van der Waals surface area contributed by atoms with Crippen molar-refractivity contribution in [3.63, 3.8) is 0 Å². The van der Waals surface area contributed by atoms with Crippen molar-refractivity contribution in [1.82, 2.24) is 20.3 Å². The van der Waals surface area contributed by atoms with E-state index in [1.165, 1.54) is 12.8 Å². The highest BCUT2D eigenvalue weighted by molar-refractivity contribution is 5.05. The fourth-order valence-electron chi connectivity index (χ4n) is 3.32. The minimum absolute atomic E-state index is 0.0125. The van der Waals surface area contributed by atoms with Gasteiger partial charge in [0.2, 0.25) is 0 Å². The van der Waals surface area contributed by atoms with Crippen LogP contribution in [0.5, 0.6) is 0 Å². The summed E-state index contributed by atoms with van der Waals surface area (Å²) < 4.78 is 7.98. The van der Waals surface area contributed by atoms with E-state index in [1.807, 2.05) is 13.2 Å². The monoisotopic (exact) mass is 280 g/mol. The van der Waals surface area contributed by atoms with Crippen molar-refractivity contribution >= 4 is 0 Å². The van der Waals surface area contributed by atoms with Crippen molar-refractivity contribution in [2.75, 3.05) is 13.2 Å². The van der Waals surface area contributed by atoms with Crippen molar-refractivity contribution in [3.05, 3.63) is 11.9 Å². The molecule has 0 spiro atoms. The van der Waals surface area contributed by atoms with Crippen molar-refractivity contribution in [3.8, 4) is 0 Å². The van der Waals surface area contributed by atoms with Crippen LogP contribution in [0.3, 0.4) is 0 Å². The molecule has 0 amide bonds. The van der Waals surface area contributed by atoms with Gasteiger partial charge in [-0.25, -0.2) is 0 Å². The van der Waals surface area contributed by atoms with Crippen molar-refractivity contribution in [1.29, 1.82) is 0 Å². The maximum absolute atomic E-state index is 6.21. The summed E-state index contributed by atoms with van der Waals surface area (Å²) in [5.74, 6) is 0. The number of ether oxygens (including phenoxy) is 1. The Morgan fingerprint density at radius 1 is 1.40 bits per heavy atom. The smallest absolute Gasteiger partial charge is 0.0843 e. The summed E-state index contributed by atoms with van der Waals surface area (Å²) in [6, 6.07) is 0.335. The zero-order valence-electron chi connectivity index (χ0n) is 13.1. The highest BCUT2D eigenvalue weighted by Gasteiger charge is 2.42. The van der Waals surface area contributed by atoms with Crippen LogP contribution in [0, 0.1) is 0 Å². The van der Waals surface area contributed by atoms with E-state index in [-0.39, 0.29) is 5.60 Å². The van der Waals surface area contributed by atoms with Gasteiger partial charge in [0.15, 0.2) is 0 Å². The summed E-state index contributed by atoms with van der Waals surface area (Å²) in [4.78, 5) is 0. The second-order valence-corrected chi connectivity index (χ2v) is 5.80. The second kappa shape index (κ2) is 7.18. The lowest BCUT2D eigenvalue weighted by atomic mass is 9.88. The summed E-state index contributed by atoms with van der Waals surface area (Å²) in [5.41, 5.74) is 1.04. The Bertz CT molecular complexity index is 398. The molecule has 1 atom stereocenters. The van der Waals surface area contributed by atoms with E-state index < -0.39 is 0 Å². The minimum atomic E-state index is -0.0125. The quantitative estimate of drug-likeness (QED) is 0.792. The van der Waals surface area contributed by atoms with E-state index in [9.17, 15) is 0 Å². The molecule has 1 aliphatic carbocycles. The Labute approximate surface area is 122 Å². The molecule has 1 aliphatic rings. The average molecular weight is 280 g/mol. The Morgan fingerprint density at radius 3 is 2.70 bits per heavy atom. The number of nitrogens with zero attached hydrogens (tertiary/aromatic N) is 3. The first-order valence-corrected chi connectivity index (χ1v) is 7.92. The predicted molar refractivity (Wildman–Crippen MR) is 79.6 cm³/mol. The molecule has 0 aromatic carbocycles. The highest BCUT2D eigenvalue weighted by atomic mass is 16.5. The lowest BCUT2D eigenvalue weighted by Crippen LogP contribution is -2.52. The lowest BCUT2D eigenvalue weighted by Gasteiger charge is -2.38. The van der Waals surface area contributed by atoms with E-state index in [2.05, 4.69) is 29.5 Å². The second-order valence-electron chi connectivity index (χ2n) is 5.80. The Morgan fingerprint density at radius 2 is 2.15 bits per heavy atom. The fourth-order valence-corrected chi connectivity index (χ4v) is 3.32. The summed E-state index contributed by atoms with van der Waals surface area (Å²) >= 11 is 0. The predicted octanol–water partition coefficient (Wildman–Crippen LogP) is 2.08. The third-order valence-corrected chi connectivity index (χ3v) is 4.22. The molecule has 1 fully saturated rings. The summed E-state index contributed by atoms with van der Waals surface area (Å²) in [6.07, 6.45) is 8.89. The third-order valence-electron chi connectivity index (χ3n) is 4.22. The SMILES string of the molecule is CCCNC(Cc1cn(C)nn1)C1(OCC)CCCC1. The molecule has 0 radical (unpaired) electrons. The van der Waals surface area contributed by atoms with Gasteiger partial charge < -0.3 is 10.1 Å². The molecular weight excluding hydrogens is 252 g/mol. The zero-order valence-corrected chi connectivity index (χ0v) is 13.1. The molecule has 1 unspecified atom stereocenters. The molecule has 1 saturated carbocycles. The van der Waals surface area contributed by atoms with Crippen LogP contribution in [0.2, 0.25) is 0 Å². The molecule has 0 aliphatic heterocycles. The van der Waals surface area contributed by atoms with Crippen LogP contribution >= 0.6 is 0 Å². The van der Waals surface area contributed by atoms with Crippen LogP contribution in [0.15, 0.2) is 6.20 Å². The number of hydrogen-bond donors (Lipinski definition) is 1. The van der Waals surface area contributed by atoms with Gasteiger partial charge >= 0.3 is 0 Å². The van der Waals surface area contributed by atoms with Crippen molar-refractivity contribution < 1.29 is 4.74 Å². The lowest BCUT2D eigenvalue weighted by molar-refractivity contribution is -0.0614. The molecule has 1 heterocycles. The minimum Gasteiger partial charge on any atom is -0.374 e. The molecular formula is C15H28N4O. The van der Waals surface area contributed by atoms with E-state index >= 15 is 0 Å². The highest BCUT2D eigenvalue weighted by Crippen LogP contribution is 2.37. The Hall–Kier alpha value is -0.940. The molecule has 114 valence electrons. The molecule has 5 nitrogen and oxygen atoms in total. The first-order chi connectivity index (χ1) is 9.70. The first kappa shape index (κ1) is 15.4. The number of aryl methyl sites for hydroxylation is 1. The van der Waals surface area contributed by atoms with Gasteiger partial charge in [-0.1, -0.05) is 25.0 Å². The topological polar surface area (TPSA) is 52.0 Å². The average Bonchev–Trinajstić information content (AvgIpc) is 3.05. The molecule has 20 heavy (non-hydrogen) atoms. The number of rotatable bonds is 8. The van der Waals surface area contributed by atoms with E-state index in [1.54, 1.807) is 4.68 Å². The fraction of sp³-hybridized carbons (Fsp3) is 0.867. The van der Waals surface area contributed by atoms with Gasteiger partial charge in [0, 0.05) is 32.3 Å². The van der Waals surface area contributed by atoms with Gasteiger partial charge in [-0.3, -0.25) is 4.68 Å². The van der Waals surface area contributed by atoms with Crippen molar-refractivity contribution in [2.45, 2.75) is 64.0 Å². The molecule has 5 heteroatoms. The van der Waals surface area contributed by atoms with Gasteiger partial charge in [0.25, 0.3) is 0 Å². The molecule has 2 rings (SSSR count). The standard InChI is InChI=1S/C15H28N4O/c1-4-10-16-14(11-13-12-19(3)18-17-13)15(20-5-2)8-6-7-9-15/h12,14,16H,4-11H2,1-3H3. The maximum atomic E-state index is 6.21. The molecule has 1 N–H and O–H groups in total. The summed E-state index contributed by atoms with van der Waals surface area (Å²) in [6.45, 7) is 6.11. The van der Waals surface area contributed by atoms with Crippen molar-refractivity contribution in [2.24, 2.45) is 7.05 Å². The van der Waals surface area contributed by atoms with Crippen LogP contribution in [0.25, 0.3) is 0 Å². The molecule has 0 saturated heterocycles. The Balaban J connectivity index is 2.12. The van der Waals surface area contributed by atoms with E-state index in [0.717, 1.165) is 44.5 Å². The van der Waals surface area contributed by atoms with Crippen LogP contribution in [-0.4, -0.2) is 39.8 Å². The summed E-state index contributed by atoms with van der Waals surface area (Å²) in [7, 11) is 1.92. The third kappa shape index (κ3) is 3.58. The van der Waals surface area contributed by atoms with Gasteiger partial charge in [-0.15, -0.1) is 5.10 Å². The number of hydrogen-bond acceptors (Lipinski definition) is 4. The Kier molecular flexibility index (Phi) is 5.54. The van der Waals surface area contributed by atoms with Gasteiger partial charge in [-0.2, -0.15) is 0 Å². The van der Waals surface area contributed by atoms with Gasteiger partial charge in [0.05, 0.1) is 11.3 Å². The van der Waals surface area contributed by atoms with Crippen LogP contribution in [0.1, 0.15) is 51.6 Å². The van der Waals surface area contributed by atoms with Gasteiger partial charge in [-0.05, 0) is 32.7 Å². The molecule has 1 aromatic rings. The largest absolute Gasteiger partial charge is 0.374 e. The first-order valence-electron chi connectivity index (χ1n) is 7.92. The number of aromatic nitrogens is 3. The maximum Gasteiger partial charge on any atom is 0.0843 e. The van der Waals surface area contributed by atoms with E-state index in [4.69, 9.17) is 4.74 Å². The van der Waals surface area contributed by atoms with Crippen LogP contribution in [-0.2, 0) is 18.2 Å². The molecule has 1 aromatic heterocycles. The summed E-state index contributed by atoms with van der Waals surface area (Å²) in [5, 5.41) is 12.0. The number of nitrogens with one attached hydrogen (secondary N) is 1. The van der Waals surface area contributed by atoms with Crippen LogP contribution in [0.4, 0.5) is 0 Å². The molecule has 0 bridgehead atoms. The van der Waals surface area contributed by atoms with Gasteiger partial charge in [0.1, 0.15) is 0 Å². The van der Waals surface area contributed by atoms with E-state index in [0.29, 0.717) is 6.04 Å². The normalized spacial score (nSPS) is 19.4.